The monoisotopic (exact) mass is 432 g/mol. The predicted octanol–water partition coefficient (Wildman–Crippen LogP) is 2.66. The Bertz CT molecular complexity index is 1120. The summed E-state index contributed by atoms with van der Waals surface area (Å²) in [6.07, 6.45) is 4.17. The van der Waals surface area contributed by atoms with Crippen LogP contribution in [0.1, 0.15) is 24.4 Å². The minimum Gasteiger partial charge on any atom is -0.380 e. The molecule has 1 aliphatic carbocycles. The number of amidine groups is 1. The van der Waals surface area contributed by atoms with Crippen molar-refractivity contribution >= 4 is 17.5 Å². The van der Waals surface area contributed by atoms with Crippen LogP contribution in [0.25, 0.3) is 11.5 Å². The number of aromatic nitrogens is 3. The molecule has 0 saturated heterocycles. The van der Waals surface area contributed by atoms with E-state index in [0.29, 0.717) is 18.0 Å². The summed E-state index contributed by atoms with van der Waals surface area (Å²) >= 11 is 0. The highest BCUT2D eigenvalue weighted by Crippen LogP contribution is 2.29. The zero-order valence-corrected chi connectivity index (χ0v) is 17.4. The summed E-state index contributed by atoms with van der Waals surface area (Å²) in [5.74, 6) is 1.26. The Labute approximate surface area is 185 Å². The van der Waals surface area contributed by atoms with Gasteiger partial charge in [0.25, 0.3) is 5.89 Å². The SMILES string of the molecule is C=C(N=C(N)N=C(N)c1noc(-c2ccc(COCC3CC3)nc2)n1)Nc1ccccc1. The first-order valence-corrected chi connectivity index (χ1v) is 10.1. The van der Waals surface area contributed by atoms with Crippen LogP contribution in [0.15, 0.2) is 75.6 Å². The average molecular weight is 432 g/mol. The maximum atomic E-state index is 5.95. The van der Waals surface area contributed by atoms with E-state index in [9.17, 15) is 0 Å². The summed E-state index contributed by atoms with van der Waals surface area (Å²) in [7, 11) is 0. The summed E-state index contributed by atoms with van der Waals surface area (Å²) in [5.41, 5.74) is 14.1. The summed E-state index contributed by atoms with van der Waals surface area (Å²) < 4.78 is 10.9. The maximum absolute atomic E-state index is 5.95. The van der Waals surface area contributed by atoms with Gasteiger partial charge in [0.05, 0.1) is 17.9 Å². The number of aliphatic imine (C=N–C) groups is 2. The van der Waals surface area contributed by atoms with Gasteiger partial charge in [-0.15, -0.1) is 0 Å². The molecule has 10 heteroatoms. The Kier molecular flexibility index (Phi) is 6.52. The molecule has 0 bridgehead atoms. The van der Waals surface area contributed by atoms with Gasteiger partial charge in [0.15, 0.2) is 5.84 Å². The highest BCUT2D eigenvalue weighted by molar-refractivity contribution is 6.02. The van der Waals surface area contributed by atoms with E-state index in [4.69, 9.17) is 20.7 Å². The molecular formula is C22H24N8O2. The molecule has 0 spiro atoms. The number of rotatable bonds is 9. The molecule has 164 valence electrons. The number of anilines is 1. The van der Waals surface area contributed by atoms with E-state index in [1.165, 1.54) is 12.8 Å². The number of nitrogens with two attached hydrogens (primary N) is 2. The molecule has 0 unspecified atom stereocenters. The van der Waals surface area contributed by atoms with E-state index in [-0.39, 0.29) is 23.5 Å². The maximum Gasteiger partial charge on any atom is 0.259 e. The smallest absolute Gasteiger partial charge is 0.259 e. The van der Waals surface area contributed by atoms with E-state index in [1.54, 1.807) is 6.20 Å². The van der Waals surface area contributed by atoms with E-state index >= 15 is 0 Å². The zero-order chi connectivity index (χ0) is 22.3. The van der Waals surface area contributed by atoms with Gasteiger partial charge in [-0.25, -0.2) is 0 Å². The molecule has 2 heterocycles. The highest BCUT2D eigenvalue weighted by atomic mass is 16.5. The fourth-order valence-electron chi connectivity index (χ4n) is 2.75. The van der Waals surface area contributed by atoms with Crippen molar-refractivity contribution < 1.29 is 9.26 Å². The molecule has 0 amide bonds. The molecule has 10 nitrogen and oxygen atoms in total. The molecule has 3 aromatic rings. The quantitative estimate of drug-likeness (QED) is 0.345. The van der Waals surface area contributed by atoms with Crippen molar-refractivity contribution in [3.8, 4) is 11.5 Å². The van der Waals surface area contributed by atoms with Crippen molar-refractivity contribution in [2.45, 2.75) is 19.4 Å². The molecule has 32 heavy (non-hydrogen) atoms. The summed E-state index contributed by atoms with van der Waals surface area (Å²) in [5, 5.41) is 6.85. The van der Waals surface area contributed by atoms with Crippen LogP contribution in [0.5, 0.6) is 0 Å². The second-order valence-electron chi connectivity index (χ2n) is 7.32. The summed E-state index contributed by atoms with van der Waals surface area (Å²) in [6.45, 7) is 5.07. The number of benzene rings is 1. The third-order valence-electron chi connectivity index (χ3n) is 4.57. The van der Waals surface area contributed by atoms with Crippen molar-refractivity contribution in [1.82, 2.24) is 15.1 Å². The molecule has 0 radical (unpaired) electrons. The predicted molar refractivity (Wildman–Crippen MR) is 121 cm³/mol. The van der Waals surface area contributed by atoms with Crippen molar-refractivity contribution in [3.05, 3.63) is 72.6 Å². The number of pyridine rings is 1. The van der Waals surface area contributed by atoms with Crippen LogP contribution in [-0.2, 0) is 11.3 Å². The minimum absolute atomic E-state index is 0.0354. The van der Waals surface area contributed by atoms with Crippen molar-refractivity contribution in [2.24, 2.45) is 27.4 Å². The van der Waals surface area contributed by atoms with Gasteiger partial charge in [0.2, 0.25) is 11.8 Å². The van der Waals surface area contributed by atoms with Gasteiger partial charge in [0.1, 0.15) is 5.82 Å². The summed E-state index contributed by atoms with van der Waals surface area (Å²) in [4.78, 5) is 16.7. The van der Waals surface area contributed by atoms with Gasteiger partial charge in [-0.05, 0) is 43.0 Å². The second-order valence-corrected chi connectivity index (χ2v) is 7.32. The first-order chi connectivity index (χ1) is 15.6. The first-order valence-electron chi connectivity index (χ1n) is 10.1. The third kappa shape index (κ3) is 5.99. The number of ether oxygens (including phenoxy) is 1. The Balaban J connectivity index is 1.36. The lowest BCUT2D eigenvalue weighted by atomic mass is 10.2. The lowest BCUT2D eigenvalue weighted by molar-refractivity contribution is 0.109. The molecule has 0 atom stereocenters. The van der Waals surface area contributed by atoms with E-state index in [0.717, 1.165) is 23.9 Å². The Morgan fingerprint density at radius 1 is 1.16 bits per heavy atom. The van der Waals surface area contributed by atoms with Crippen LogP contribution < -0.4 is 16.8 Å². The van der Waals surface area contributed by atoms with E-state index < -0.39 is 0 Å². The standard InChI is InChI=1S/C22H24N8O2/c1-14(26-17-5-3-2-4-6-17)27-22(24)28-19(23)20-29-21(32-30-20)16-9-10-18(25-11-16)13-31-12-15-7-8-15/h2-6,9-11,15,26H,1,7-8,12-13H2,(H4,23,24,27,28). The van der Waals surface area contributed by atoms with Crippen LogP contribution in [0.4, 0.5) is 5.69 Å². The Morgan fingerprint density at radius 3 is 2.69 bits per heavy atom. The lowest BCUT2D eigenvalue weighted by Gasteiger charge is -2.04. The van der Waals surface area contributed by atoms with E-state index in [2.05, 4.69) is 37.0 Å². The fraction of sp³-hybridized carbons (Fsp3) is 0.227. The van der Waals surface area contributed by atoms with Crippen molar-refractivity contribution in [2.75, 3.05) is 11.9 Å². The topological polar surface area (TPSA) is 150 Å². The van der Waals surface area contributed by atoms with Gasteiger partial charge in [-0.1, -0.05) is 29.9 Å². The Morgan fingerprint density at radius 2 is 1.97 bits per heavy atom. The molecular weight excluding hydrogens is 408 g/mol. The van der Waals surface area contributed by atoms with Gasteiger partial charge in [-0.3, -0.25) is 4.98 Å². The number of hydrogen-bond acceptors (Lipinski definition) is 7. The van der Waals surface area contributed by atoms with E-state index in [1.807, 2.05) is 42.5 Å². The second kappa shape index (κ2) is 9.84. The van der Waals surface area contributed by atoms with Gasteiger partial charge < -0.3 is 26.0 Å². The molecule has 0 aliphatic heterocycles. The number of nitrogens with one attached hydrogen (secondary N) is 1. The number of guanidine groups is 1. The number of hydrogen-bond donors (Lipinski definition) is 3. The van der Waals surface area contributed by atoms with Crippen LogP contribution in [0.2, 0.25) is 0 Å². The van der Waals surface area contributed by atoms with Crippen LogP contribution >= 0.6 is 0 Å². The largest absolute Gasteiger partial charge is 0.380 e. The molecule has 2 aromatic heterocycles. The van der Waals surface area contributed by atoms with Gasteiger partial charge in [0, 0.05) is 18.5 Å². The third-order valence-corrected chi connectivity index (χ3v) is 4.57. The minimum atomic E-state index is -0.0977. The molecule has 1 aliphatic rings. The summed E-state index contributed by atoms with van der Waals surface area (Å²) in [6, 6.07) is 13.1. The normalized spacial score (nSPS) is 14.4. The van der Waals surface area contributed by atoms with Crippen molar-refractivity contribution in [3.63, 3.8) is 0 Å². The first kappa shape index (κ1) is 21.2. The highest BCUT2D eigenvalue weighted by Gasteiger charge is 2.21. The van der Waals surface area contributed by atoms with Crippen LogP contribution in [-0.4, -0.2) is 33.5 Å². The van der Waals surface area contributed by atoms with Gasteiger partial charge >= 0.3 is 0 Å². The zero-order valence-electron chi connectivity index (χ0n) is 17.4. The average Bonchev–Trinajstić information content (AvgIpc) is 3.47. The molecule has 1 fully saturated rings. The van der Waals surface area contributed by atoms with Crippen molar-refractivity contribution in [1.29, 1.82) is 0 Å². The molecule has 1 saturated carbocycles. The number of para-hydroxylation sites is 1. The molecule has 5 N–H and O–H groups in total. The van der Waals surface area contributed by atoms with Crippen LogP contribution in [0.3, 0.4) is 0 Å². The molecule has 1 aromatic carbocycles. The van der Waals surface area contributed by atoms with Crippen LogP contribution in [0, 0.1) is 5.92 Å². The fourth-order valence-corrected chi connectivity index (χ4v) is 2.75. The number of nitrogens with zero attached hydrogens (tertiary/aromatic N) is 5. The Hall–Kier alpha value is -4.05. The lowest BCUT2D eigenvalue weighted by Crippen LogP contribution is -2.21. The van der Waals surface area contributed by atoms with Gasteiger partial charge in [-0.2, -0.15) is 15.0 Å². The molecule has 4 rings (SSSR count).